The van der Waals surface area contributed by atoms with Gasteiger partial charge in [-0.3, -0.25) is 4.79 Å². The molecule has 0 aliphatic carbocycles. The molecule has 4 nitrogen and oxygen atoms in total. The van der Waals surface area contributed by atoms with Gasteiger partial charge in [-0.1, -0.05) is 70.7 Å². The van der Waals surface area contributed by atoms with Gasteiger partial charge in [0.2, 0.25) is 0 Å². The van der Waals surface area contributed by atoms with Crippen molar-refractivity contribution in [2.45, 2.75) is 6.61 Å². The fraction of sp³-hybridized carbons (Fsp3) is 0.0435. The molecule has 31 heavy (non-hydrogen) atoms. The van der Waals surface area contributed by atoms with Crippen LogP contribution >= 0.6 is 46.4 Å². The number of rotatable bonds is 6. The Balaban J connectivity index is 1.89. The summed E-state index contributed by atoms with van der Waals surface area (Å²) in [6.07, 6.45) is 1.36. The van der Waals surface area contributed by atoms with Crippen molar-refractivity contribution in [3.63, 3.8) is 0 Å². The molecular formula is C23H14Cl4N2O2. The van der Waals surface area contributed by atoms with Crippen LogP contribution in [0.15, 0.2) is 66.2 Å². The lowest BCUT2D eigenvalue weighted by Crippen LogP contribution is -2.13. The van der Waals surface area contributed by atoms with Crippen LogP contribution in [0.4, 0.5) is 5.69 Å². The average molecular weight is 492 g/mol. The monoisotopic (exact) mass is 490 g/mol. The minimum atomic E-state index is -0.629. The highest BCUT2D eigenvalue weighted by atomic mass is 35.5. The molecule has 3 aromatic rings. The summed E-state index contributed by atoms with van der Waals surface area (Å²) in [5.74, 6) is -0.338. The molecule has 0 saturated heterocycles. The molecule has 0 aromatic heterocycles. The van der Waals surface area contributed by atoms with Crippen LogP contribution in [0.3, 0.4) is 0 Å². The highest BCUT2D eigenvalue weighted by Gasteiger charge is 2.15. The second-order valence-electron chi connectivity index (χ2n) is 6.32. The van der Waals surface area contributed by atoms with E-state index in [1.807, 2.05) is 18.2 Å². The van der Waals surface area contributed by atoms with E-state index in [0.29, 0.717) is 32.1 Å². The third-order valence-electron chi connectivity index (χ3n) is 4.12. The zero-order valence-electron chi connectivity index (χ0n) is 15.8. The Kier molecular flexibility index (Phi) is 7.84. The van der Waals surface area contributed by atoms with Crippen LogP contribution in [0.25, 0.3) is 6.08 Å². The molecule has 0 radical (unpaired) electrons. The number of carbonyl (C=O) groups excluding carboxylic acids is 1. The molecule has 3 aromatic carbocycles. The number of ether oxygens (including phenoxy) is 1. The highest BCUT2D eigenvalue weighted by molar-refractivity contribution is 6.36. The molecule has 0 heterocycles. The number of nitrogens with zero attached hydrogens (tertiary/aromatic N) is 1. The first-order valence-corrected chi connectivity index (χ1v) is 10.4. The minimum Gasteiger partial charge on any atom is -0.487 e. The van der Waals surface area contributed by atoms with E-state index >= 15 is 0 Å². The van der Waals surface area contributed by atoms with Crippen LogP contribution in [0.5, 0.6) is 5.75 Å². The molecule has 0 aliphatic rings. The van der Waals surface area contributed by atoms with E-state index in [2.05, 4.69) is 5.32 Å². The second kappa shape index (κ2) is 10.6. The van der Waals surface area contributed by atoms with Crippen molar-refractivity contribution < 1.29 is 9.53 Å². The lowest BCUT2D eigenvalue weighted by molar-refractivity contribution is -0.112. The Labute approximate surface area is 199 Å². The van der Waals surface area contributed by atoms with E-state index in [-0.39, 0.29) is 17.2 Å². The Bertz CT molecular complexity index is 1190. The topological polar surface area (TPSA) is 62.1 Å². The molecule has 8 heteroatoms. The molecule has 1 amide bonds. The van der Waals surface area contributed by atoms with Crippen LogP contribution in [-0.4, -0.2) is 5.91 Å². The maximum absolute atomic E-state index is 12.6. The van der Waals surface area contributed by atoms with Crippen molar-refractivity contribution in [2.75, 3.05) is 5.32 Å². The molecule has 0 spiro atoms. The molecule has 0 aliphatic heterocycles. The third-order valence-corrected chi connectivity index (χ3v) is 5.20. The SMILES string of the molecule is N#C/C(=C\c1cc(Cl)cc(Cl)c1OCc1ccc(Cl)cc1)C(=O)Nc1ccccc1Cl. The Morgan fingerprint density at radius 1 is 0.968 bits per heavy atom. The third kappa shape index (κ3) is 6.16. The fourth-order valence-corrected chi connectivity index (χ4v) is 3.50. The van der Waals surface area contributed by atoms with E-state index in [1.165, 1.54) is 12.1 Å². The maximum Gasteiger partial charge on any atom is 0.266 e. The molecule has 0 fully saturated rings. The molecule has 0 atom stereocenters. The normalized spacial score (nSPS) is 11.0. The quantitative estimate of drug-likeness (QED) is 0.288. The maximum atomic E-state index is 12.6. The summed E-state index contributed by atoms with van der Waals surface area (Å²) in [6, 6.07) is 18.8. The van der Waals surface area contributed by atoms with Gasteiger partial charge in [-0.25, -0.2) is 0 Å². The zero-order valence-corrected chi connectivity index (χ0v) is 18.9. The van der Waals surface area contributed by atoms with Crippen molar-refractivity contribution in [3.8, 4) is 11.8 Å². The van der Waals surface area contributed by atoms with Gasteiger partial charge in [0.15, 0.2) is 0 Å². The number of nitriles is 1. The zero-order chi connectivity index (χ0) is 22.4. The van der Waals surface area contributed by atoms with Crippen molar-refractivity contribution >= 4 is 64.1 Å². The van der Waals surface area contributed by atoms with E-state index < -0.39 is 5.91 Å². The summed E-state index contributed by atoms with van der Waals surface area (Å²) in [4.78, 5) is 12.6. The van der Waals surface area contributed by atoms with Gasteiger partial charge in [0.05, 0.1) is 15.7 Å². The summed E-state index contributed by atoms with van der Waals surface area (Å²) in [5, 5.41) is 13.7. The number of carbonyl (C=O) groups is 1. The number of halogens is 4. The number of hydrogen-bond donors (Lipinski definition) is 1. The van der Waals surface area contributed by atoms with Gasteiger partial charge in [-0.2, -0.15) is 5.26 Å². The molecule has 0 unspecified atom stereocenters. The van der Waals surface area contributed by atoms with Crippen LogP contribution in [0.1, 0.15) is 11.1 Å². The summed E-state index contributed by atoms with van der Waals surface area (Å²) in [5.41, 5.74) is 1.47. The summed E-state index contributed by atoms with van der Waals surface area (Å²) in [6.45, 7) is 0.201. The van der Waals surface area contributed by atoms with Crippen molar-refractivity contribution in [2.24, 2.45) is 0 Å². The lowest BCUT2D eigenvalue weighted by atomic mass is 10.1. The van der Waals surface area contributed by atoms with Gasteiger partial charge in [0, 0.05) is 15.6 Å². The van der Waals surface area contributed by atoms with Crippen molar-refractivity contribution in [1.29, 1.82) is 5.26 Å². The molecule has 0 saturated carbocycles. The van der Waals surface area contributed by atoms with Gasteiger partial charge in [0.1, 0.15) is 24.0 Å². The first kappa shape index (κ1) is 23.0. The predicted molar refractivity (Wildman–Crippen MR) is 126 cm³/mol. The smallest absolute Gasteiger partial charge is 0.266 e. The van der Waals surface area contributed by atoms with E-state index in [0.717, 1.165) is 5.56 Å². The molecule has 3 rings (SSSR count). The second-order valence-corrected chi connectivity index (χ2v) is 8.01. The van der Waals surface area contributed by atoms with Gasteiger partial charge < -0.3 is 10.1 Å². The number of anilines is 1. The molecule has 0 bridgehead atoms. The highest BCUT2D eigenvalue weighted by Crippen LogP contribution is 2.35. The summed E-state index contributed by atoms with van der Waals surface area (Å²) < 4.78 is 5.87. The minimum absolute atomic E-state index is 0.172. The van der Waals surface area contributed by atoms with Crippen LogP contribution < -0.4 is 10.1 Å². The largest absolute Gasteiger partial charge is 0.487 e. The van der Waals surface area contributed by atoms with Gasteiger partial charge in [-0.15, -0.1) is 0 Å². The summed E-state index contributed by atoms with van der Waals surface area (Å²) >= 11 is 24.4. The average Bonchev–Trinajstić information content (AvgIpc) is 2.74. The Morgan fingerprint density at radius 2 is 1.68 bits per heavy atom. The molecule has 1 N–H and O–H groups in total. The standard InChI is InChI=1S/C23H14Cl4N2O2/c24-17-7-5-14(6-8-17)13-31-22-15(10-18(25)11-20(22)27)9-16(12-28)23(30)29-21-4-2-1-3-19(21)26/h1-11H,13H2,(H,29,30)/b16-9+. The number of nitrogens with one attached hydrogen (secondary N) is 1. The van der Waals surface area contributed by atoms with Gasteiger partial charge in [-0.05, 0) is 48.0 Å². The molecule has 156 valence electrons. The van der Waals surface area contributed by atoms with E-state index in [1.54, 1.807) is 42.5 Å². The predicted octanol–water partition coefficient (Wildman–Crippen LogP) is 7.42. The van der Waals surface area contributed by atoms with Crippen LogP contribution in [0, 0.1) is 11.3 Å². The van der Waals surface area contributed by atoms with Crippen molar-refractivity contribution in [1.82, 2.24) is 0 Å². The number of benzene rings is 3. The first-order valence-electron chi connectivity index (χ1n) is 8.91. The number of hydrogen-bond acceptors (Lipinski definition) is 3. The lowest BCUT2D eigenvalue weighted by Gasteiger charge is -2.13. The van der Waals surface area contributed by atoms with E-state index in [4.69, 9.17) is 51.1 Å². The Hall–Kier alpha value is -2.68. The Morgan fingerprint density at radius 3 is 2.35 bits per heavy atom. The van der Waals surface area contributed by atoms with Crippen LogP contribution in [-0.2, 0) is 11.4 Å². The van der Waals surface area contributed by atoms with Crippen LogP contribution in [0.2, 0.25) is 20.1 Å². The van der Waals surface area contributed by atoms with Crippen molar-refractivity contribution in [3.05, 3.63) is 97.5 Å². The van der Waals surface area contributed by atoms with Gasteiger partial charge >= 0.3 is 0 Å². The number of amides is 1. The van der Waals surface area contributed by atoms with E-state index in [9.17, 15) is 10.1 Å². The van der Waals surface area contributed by atoms with Gasteiger partial charge in [0.25, 0.3) is 5.91 Å². The molecular weight excluding hydrogens is 478 g/mol. The fourth-order valence-electron chi connectivity index (χ4n) is 2.63. The first-order chi connectivity index (χ1) is 14.9. The number of para-hydroxylation sites is 1. The summed E-state index contributed by atoms with van der Waals surface area (Å²) in [7, 11) is 0.